The van der Waals surface area contributed by atoms with Gasteiger partial charge in [0.05, 0.1) is 12.5 Å². The molecule has 0 heterocycles. The van der Waals surface area contributed by atoms with Crippen LogP contribution in [0.4, 0.5) is 0 Å². The molecule has 19 heavy (non-hydrogen) atoms. The lowest BCUT2D eigenvalue weighted by atomic mass is 10.0. The average Bonchev–Trinajstić information content (AvgIpc) is 2.38. The van der Waals surface area contributed by atoms with Crippen LogP contribution in [0.5, 0.6) is 5.75 Å². The zero-order valence-electron chi connectivity index (χ0n) is 10.6. The van der Waals surface area contributed by atoms with Crippen molar-refractivity contribution in [2.45, 2.75) is 12.3 Å². The van der Waals surface area contributed by atoms with Crippen LogP contribution in [-0.2, 0) is 0 Å². The molecule has 0 fully saturated rings. The van der Waals surface area contributed by atoms with E-state index in [2.05, 4.69) is 37.9 Å². The molecule has 0 spiro atoms. The number of hydrogen-bond donors (Lipinski definition) is 0. The monoisotopic (exact) mass is 402 g/mol. The second kappa shape index (κ2) is 6.29. The molecule has 2 rings (SSSR count). The summed E-state index contributed by atoms with van der Waals surface area (Å²) >= 11 is 13.6. The number of methoxy groups -OCH3 is 1. The smallest absolute Gasteiger partial charge is 0.123 e. The van der Waals surface area contributed by atoms with Crippen molar-refractivity contribution in [2.75, 3.05) is 7.11 Å². The van der Waals surface area contributed by atoms with Gasteiger partial charge in [-0.1, -0.05) is 55.6 Å². The fraction of sp³-hybridized carbons (Fsp3) is 0.200. The minimum absolute atomic E-state index is 0.252. The minimum atomic E-state index is -0.252. The number of rotatable bonds is 3. The minimum Gasteiger partial charge on any atom is -0.496 e. The van der Waals surface area contributed by atoms with E-state index in [4.69, 9.17) is 16.3 Å². The Morgan fingerprint density at radius 2 is 1.79 bits per heavy atom. The van der Waals surface area contributed by atoms with Crippen LogP contribution in [0, 0.1) is 6.92 Å². The van der Waals surface area contributed by atoms with Crippen LogP contribution in [0.2, 0.25) is 0 Å². The highest BCUT2D eigenvalue weighted by molar-refractivity contribution is 9.11. The number of ether oxygens (including phenoxy) is 1. The Labute approximate surface area is 135 Å². The van der Waals surface area contributed by atoms with Gasteiger partial charge in [-0.2, -0.15) is 0 Å². The lowest BCUT2D eigenvalue weighted by Gasteiger charge is -2.16. The van der Waals surface area contributed by atoms with Crippen LogP contribution >= 0.6 is 43.5 Å². The van der Waals surface area contributed by atoms with Crippen molar-refractivity contribution in [1.82, 2.24) is 0 Å². The lowest BCUT2D eigenvalue weighted by Crippen LogP contribution is -1.99. The number of alkyl halides is 1. The van der Waals surface area contributed by atoms with E-state index in [0.29, 0.717) is 0 Å². The molecule has 0 amide bonds. The fourth-order valence-corrected chi connectivity index (χ4v) is 3.70. The Kier molecular flexibility index (Phi) is 4.93. The first-order chi connectivity index (χ1) is 9.02. The van der Waals surface area contributed by atoms with Crippen molar-refractivity contribution in [3.05, 3.63) is 62.0 Å². The van der Waals surface area contributed by atoms with Crippen LogP contribution in [0.15, 0.2) is 45.3 Å². The predicted molar refractivity (Wildman–Crippen MR) is 87.3 cm³/mol. The molecule has 0 N–H and O–H groups in total. The first kappa shape index (κ1) is 14.9. The molecule has 1 unspecified atom stereocenters. The Morgan fingerprint density at radius 3 is 2.42 bits per heavy atom. The van der Waals surface area contributed by atoms with Gasteiger partial charge in [-0.05, 0) is 30.7 Å². The van der Waals surface area contributed by atoms with Crippen molar-refractivity contribution in [3.8, 4) is 5.75 Å². The van der Waals surface area contributed by atoms with E-state index in [1.165, 1.54) is 0 Å². The van der Waals surface area contributed by atoms with Crippen LogP contribution in [0.3, 0.4) is 0 Å². The Morgan fingerprint density at radius 1 is 1.05 bits per heavy atom. The highest BCUT2D eigenvalue weighted by atomic mass is 79.9. The molecule has 0 aliphatic carbocycles. The van der Waals surface area contributed by atoms with Gasteiger partial charge >= 0.3 is 0 Å². The number of benzene rings is 2. The second-order valence-corrected chi connectivity index (χ2v) is 6.48. The summed E-state index contributed by atoms with van der Waals surface area (Å²) in [6, 6.07) is 12.0. The first-order valence-electron chi connectivity index (χ1n) is 5.76. The molecular formula is C15H13Br2ClO. The van der Waals surface area contributed by atoms with Gasteiger partial charge in [-0.25, -0.2) is 0 Å². The molecular weight excluding hydrogens is 391 g/mol. The van der Waals surface area contributed by atoms with Gasteiger partial charge in [-0.15, -0.1) is 11.6 Å². The maximum absolute atomic E-state index is 6.62. The van der Waals surface area contributed by atoms with Crippen LogP contribution in [0.25, 0.3) is 0 Å². The van der Waals surface area contributed by atoms with Crippen molar-refractivity contribution < 1.29 is 4.74 Å². The van der Waals surface area contributed by atoms with Crippen molar-refractivity contribution in [1.29, 1.82) is 0 Å². The maximum atomic E-state index is 6.62. The van der Waals surface area contributed by atoms with E-state index >= 15 is 0 Å². The maximum Gasteiger partial charge on any atom is 0.123 e. The van der Waals surface area contributed by atoms with Crippen molar-refractivity contribution >= 4 is 43.5 Å². The third-order valence-electron chi connectivity index (χ3n) is 2.89. The quantitative estimate of drug-likeness (QED) is 0.583. The summed E-state index contributed by atoms with van der Waals surface area (Å²) in [7, 11) is 1.66. The van der Waals surface area contributed by atoms with E-state index in [1.54, 1.807) is 7.11 Å². The topological polar surface area (TPSA) is 9.23 Å². The SMILES string of the molecule is COc1ccc(C)cc1C(Cl)c1ccc(Br)cc1Br. The van der Waals surface area contributed by atoms with Gasteiger partial charge in [0.15, 0.2) is 0 Å². The third-order valence-corrected chi connectivity index (χ3v) is 4.54. The molecule has 0 aliphatic rings. The zero-order valence-corrected chi connectivity index (χ0v) is 14.5. The highest BCUT2D eigenvalue weighted by Gasteiger charge is 2.18. The summed E-state index contributed by atoms with van der Waals surface area (Å²) < 4.78 is 7.39. The number of halogens is 3. The van der Waals surface area contributed by atoms with E-state index in [1.807, 2.05) is 37.3 Å². The largest absolute Gasteiger partial charge is 0.496 e. The van der Waals surface area contributed by atoms with Gasteiger partial charge in [-0.3, -0.25) is 0 Å². The van der Waals surface area contributed by atoms with Gasteiger partial charge in [0.2, 0.25) is 0 Å². The second-order valence-electron chi connectivity index (χ2n) is 4.27. The van der Waals surface area contributed by atoms with Gasteiger partial charge < -0.3 is 4.74 Å². The molecule has 0 bridgehead atoms. The first-order valence-corrected chi connectivity index (χ1v) is 7.78. The standard InChI is InChI=1S/C15H13Br2ClO/c1-9-3-6-14(19-2)12(7-9)15(18)11-5-4-10(16)8-13(11)17/h3-8,15H,1-2H3. The van der Waals surface area contributed by atoms with Crippen molar-refractivity contribution in [3.63, 3.8) is 0 Å². The summed E-state index contributed by atoms with van der Waals surface area (Å²) in [5, 5.41) is -0.252. The van der Waals surface area contributed by atoms with Gasteiger partial charge in [0, 0.05) is 14.5 Å². The highest BCUT2D eigenvalue weighted by Crippen LogP contribution is 2.39. The molecule has 1 nitrogen and oxygen atoms in total. The fourth-order valence-electron chi connectivity index (χ4n) is 1.93. The molecule has 0 aliphatic heterocycles. The molecule has 1 atom stereocenters. The van der Waals surface area contributed by atoms with E-state index in [9.17, 15) is 0 Å². The summed E-state index contributed by atoms with van der Waals surface area (Å²) in [5.41, 5.74) is 3.16. The van der Waals surface area contributed by atoms with Gasteiger partial charge in [0.1, 0.15) is 5.75 Å². The molecule has 100 valence electrons. The molecule has 2 aromatic rings. The van der Waals surface area contributed by atoms with E-state index < -0.39 is 0 Å². The lowest BCUT2D eigenvalue weighted by molar-refractivity contribution is 0.410. The molecule has 0 aromatic heterocycles. The molecule has 2 aromatic carbocycles. The number of aryl methyl sites for hydroxylation is 1. The molecule has 4 heteroatoms. The normalized spacial score (nSPS) is 12.3. The van der Waals surface area contributed by atoms with Gasteiger partial charge in [0.25, 0.3) is 0 Å². The number of hydrogen-bond acceptors (Lipinski definition) is 1. The third kappa shape index (κ3) is 3.33. The van der Waals surface area contributed by atoms with E-state index in [0.717, 1.165) is 31.4 Å². The summed E-state index contributed by atoms with van der Waals surface area (Å²) in [6.45, 7) is 2.04. The summed E-state index contributed by atoms with van der Waals surface area (Å²) in [5.74, 6) is 0.806. The summed E-state index contributed by atoms with van der Waals surface area (Å²) in [4.78, 5) is 0. The molecule has 0 radical (unpaired) electrons. The molecule has 0 saturated heterocycles. The van der Waals surface area contributed by atoms with Crippen LogP contribution in [-0.4, -0.2) is 7.11 Å². The zero-order chi connectivity index (χ0) is 14.0. The van der Waals surface area contributed by atoms with Crippen molar-refractivity contribution in [2.24, 2.45) is 0 Å². The summed E-state index contributed by atoms with van der Waals surface area (Å²) in [6.07, 6.45) is 0. The Hall–Kier alpha value is -0.510. The Bertz CT molecular complexity index is 599. The average molecular weight is 405 g/mol. The van der Waals surface area contributed by atoms with Crippen LogP contribution < -0.4 is 4.74 Å². The van der Waals surface area contributed by atoms with E-state index in [-0.39, 0.29) is 5.38 Å². The van der Waals surface area contributed by atoms with Crippen LogP contribution in [0.1, 0.15) is 22.1 Å². The molecule has 0 saturated carbocycles. The predicted octanol–water partition coefficient (Wildman–Crippen LogP) is 5.86. The Balaban J connectivity index is 2.49.